The van der Waals surface area contributed by atoms with Crippen molar-refractivity contribution in [2.45, 2.75) is 26.4 Å². The Morgan fingerprint density at radius 1 is 1.23 bits per heavy atom. The number of nitrogens with one attached hydrogen (secondary N) is 1. The van der Waals surface area contributed by atoms with Crippen molar-refractivity contribution in [1.82, 2.24) is 15.1 Å². The van der Waals surface area contributed by atoms with Gasteiger partial charge < -0.3 is 14.8 Å². The van der Waals surface area contributed by atoms with E-state index in [4.69, 9.17) is 9.47 Å². The van der Waals surface area contributed by atoms with Gasteiger partial charge in [0, 0.05) is 12.3 Å². The van der Waals surface area contributed by atoms with Gasteiger partial charge in [-0.05, 0) is 32.9 Å². The van der Waals surface area contributed by atoms with Crippen LogP contribution in [0.1, 0.15) is 20.8 Å². The number of ether oxygens (including phenoxy) is 2. The maximum Gasteiger partial charge on any atom is 0.407 e. The van der Waals surface area contributed by atoms with Gasteiger partial charge in [0.15, 0.2) is 0 Å². The van der Waals surface area contributed by atoms with E-state index in [2.05, 4.69) is 10.4 Å². The Balaban J connectivity index is 1.74. The van der Waals surface area contributed by atoms with Crippen molar-refractivity contribution in [3.05, 3.63) is 42.6 Å². The molecule has 6 nitrogen and oxygen atoms in total. The molecule has 0 aliphatic heterocycles. The topological polar surface area (TPSA) is 65.4 Å². The van der Waals surface area contributed by atoms with Crippen LogP contribution >= 0.6 is 0 Å². The van der Waals surface area contributed by atoms with E-state index in [-0.39, 0.29) is 0 Å². The Labute approximate surface area is 130 Å². The Morgan fingerprint density at radius 3 is 2.64 bits per heavy atom. The van der Waals surface area contributed by atoms with Gasteiger partial charge in [0.05, 0.1) is 12.2 Å². The van der Waals surface area contributed by atoms with Crippen LogP contribution in [0.3, 0.4) is 0 Å². The molecule has 0 saturated heterocycles. The van der Waals surface area contributed by atoms with Gasteiger partial charge in [-0.1, -0.05) is 18.2 Å². The number of aromatic nitrogens is 2. The molecule has 0 aliphatic carbocycles. The zero-order valence-electron chi connectivity index (χ0n) is 13.1. The third-order valence-corrected chi connectivity index (χ3v) is 2.61. The zero-order chi connectivity index (χ0) is 16.0. The quantitative estimate of drug-likeness (QED) is 0.863. The highest BCUT2D eigenvalue weighted by atomic mass is 16.6. The first kappa shape index (κ1) is 15.9. The summed E-state index contributed by atoms with van der Waals surface area (Å²) in [5.41, 5.74) is 0.462. The van der Waals surface area contributed by atoms with Gasteiger partial charge in [0.1, 0.15) is 12.2 Å². The summed E-state index contributed by atoms with van der Waals surface area (Å²) >= 11 is 0. The monoisotopic (exact) mass is 303 g/mol. The third kappa shape index (κ3) is 5.12. The van der Waals surface area contributed by atoms with Gasteiger partial charge in [-0.2, -0.15) is 0 Å². The maximum atomic E-state index is 11.5. The standard InChI is InChI=1S/C16H21N3O3/c1-16(2,3)22-15(20)17-10-12-21-14-9-11-19(18-14)13-7-5-4-6-8-13/h4-9,11H,10,12H2,1-3H3,(H,17,20). The van der Waals surface area contributed by atoms with E-state index in [1.165, 1.54) is 0 Å². The lowest BCUT2D eigenvalue weighted by molar-refractivity contribution is 0.0520. The summed E-state index contributed by atoms with van der Waals surface area (Å²) in [6.07, 6.45) is 1.37. The molecule has 0 atom stereocenters. The molecule has 1 aromatic heterocycles. The van der Waals surface area contributed by atoms with E-state index in [9.17, 15) is 4.79 Å². The van der Waals surface area contributed by atoms with E-state index < -0.39 is 11.7 Å². The fourth-order valence-corrected chi connectivity index (χ4v) is 1.73. The average molecular weight is 303 g/mol. The van der Waals surface area contributed by atoms with Crippen LogP contribution in [0.15, 0.2) is 42.6 Å². The summed E-state index contributed by atoms with van der Waals surface area (Å²) in [4.78, 5) is 11.5. The SMILES string of the molecule is CC(C)(C)OC(=O)NCCOc1ccn(-c2ccccc2)n1. The van der Waals surface area contributed by atoms with Crippen LogP contribution in [0.4, 0.5) is 4.79 Å². The number of para-hydroxylation sites is 1. The minimum Gasteiger partial charge on any atom is -0.475 e. The third-order valence-electron chi connectivity index (χ3n) is 2.61. The van der Waals surface area contributed by atoms with Crippen molar-refractivity contribution >= 4 is 6.09 Å². The largest absolute Gasteiger partial charge is 0.475 e. The molecule has 2 aromatic rings. The molecule has 1 heterocycles. The van der Waals surface area contributed by atoms with Crippen LogP contribution in [0, 0.1) is 0 Å². The van der Waals surface area contributed by atoms with Gasteiger partial charge in [-0.25, -0.2) is 9.48 Å². The van der Waals surface area contributed by atoms with E-state index >= 15 is 0 Å². The van der Waals surface area contributed by atoms with E-state index in [1.807, 2.05) is 57.3 Å². The van der Waals surface area contributed by atoms with Crippen LogP contribution in [0.5, 0.6) is 5.88 Å². The molecule has 1 aromatic carbocycles. The Kier molecular flexibility index (Phi) is 5.04. The van der Waals surface area contributed by atoms with Gasteiger partial charge in [-0.15, -0.1) is 5.10 Å². The average Bonchev–Trinajstić information content (AvgIpc) is 2.91. The van der Waals surface area contributed by atoms with Gasteiger partial charge in [-0.3, -0.25) is 0 Å². The van der Waals surface area contributed by atoms with Crippen LogP contribution < -0.4 is 10.1 Å². The molecule has 0 bridgehead atoms. The number of nitrogens with zero attached hydrogens (tertiary/aromatic N) is 2. The lowest BCUT2D eigenvalue weighted by Crippen LogP contribution is -2.34. The number of carbonyl (C=O) groups excluding carboxylic acids is 1. The first-order valence-corrected chi connectivity index (χ1v) is 7.15. The summed E-state index contributed by atoms with van der Waals surface area (Å²) in [7, 11) is 0. The molecule has 2 rings (SSSR count). The fourth-order valence-electron chi connectivity index (χ4n) is 1.73. The van der Waals surface area contributed by atoms with Crippen molar-refractivity contribution in [3.8, 4) is 11.6 Å². The highest BCUT2D eigenvalue weighted by Gasteiger charge is 2.15. The fraction of sp³-hybridized carbons (Fsp3) is 0.375. The molecule has 0 unspecified atom stereocenters. The molecular formula is C16H21N3O3. The van der Waals surface area contributed by atoms with E-state index in [1.54, 1.807) is 10.7 Å². The summed E-state index contributed by atoms with van der Waals surface area (Å²) in [6, 6.07) is 11.5. The number of hydrogen-bond donors (Lipinski definition) is 1. The first-order chi connectivity index (χ1) is 10.4. The second-order valence-corrected chi connectivity index (χ2v) is 5.71. The Morgan fingerprint density at radius 2 is 1.95 bits per heavy atom. The van der Waals surface area contributed by atoms with Crippen LogP contribution in [-0.2, 0) is 4.74 Å². The van der Waals surface area contributed by atoms with Gasteiger partial charge in [0.25, 0.3) is 0 Å². The summed E-state index contributed by atoms with van der Waals surface area (Å²) < 4.78 is 12.3. The lowest BCUT2D eigenvalue weighted by Gasteiger charge is -2.19. The lowest BCUT2D eigenvalue weighted by atomic mass is 10.2. The minimum absolute atomic E-state index is 0.324. The molecule has 22 heavy (non-hydrogen) atoms. The van der Waals surface area contributed by atoms with Gasteiger partial charge in [0.2, 0.25) is 5.88 Å². The summed E-state index contributed by atoms with van der Waals surface area (Å²) in [6.45, 7) is 6.13. The minimum atomic E-state index is -0.501. The van der Waals surface area contributed by atoms with Crippen LogP contribution in [0.2, 0.25) is 0 Å². The second-order valence-electron chi connectivity index (χ2n) is 5.71. The highest BCUT2D eigenvalue weighted by molar-refractivity contribution is 5.67. The smallest absolute Gasteiger partial charge is 0.407 e. The molecule has 0 fully saturated rings. The van der Waals surface area contributed by atoms with E-state index in [0.29, 0.717) is 19.0 Å². The number of alkyl carbamates (subject to hydrolysis) is 1. The predicted octanol–water partition coefficient (Wildman–Crippen LogP) is 2.78. The molecule has 118 valence electrons. The van der Waals surface area contributed by atoms with Crippen molar-refractivity contribution < 1.29 is 14.3 Å². The summed E-state index contributed by atoms with van der Waals surface area (Å²) in [5.74, 6) is 0.509. The van der Waals surface area contributed by atoms with Crippen LogP contribution in [-0.4, -0.2) is 34.6 Å². The Bertz CT molecular complexity index is 603. The van der Waals surface area contributed by atoms with Crippen molar-refractivity contribution in [2.24, 2.45) is 0 Å². The molecule has 0 radical (unpaired) electrons. The number of rotatable bonds is 5. The van der Waals surface area contributed by atoms with Crippen molar-refractivity contribution in [3.63, 3.8) is 0 Å². The number of carbonyl (C=O) groups is 1. The summed E-state index contributed by atoms with van der Waals surface area (Å²) in [5, 5.41) is 6.93. The molecule has 0 saturated carbocycles. The predicted molar refractivity (Wildman–Crippen MR) is 83.3 cm³/mol. The second kappa shape index (κ2) is 6.98. The highest BCUT2D eigenvalue weighted by Crippen LogP contribution is 2.11. The maximum absolute atomic E-state index is 11.5. The molecule has 1 N–H and O–H groups in total. The number of hydrogen-bond acceptors (Lipinski definition) is 4. The molecule has 1 amide bonds. The van der Waals surface area contributed by atoms with Crippen molar-refractivity contribution in [1.29, 1.82) is 0 Å². The van der Waals surface area contributed by atoms with Gasteiger partial charge >= 0.3 is 6.09 Å². The van der Waals surface area contributed by atoms with Crippen LogP contribution in [0.25, 0.3) is 5.69 Å². The zero-order valence-corrected chi connectivity index (χ0v) is 13.1. The van der Waals surface area contributed by atoms with E-state index in [0.717, 1.165) is 5.69 Å². The van der Waals surface area contributed by atoms with Crippen molar-refractivity contribution in [2.75, 3.05) is 13.2 Å². The number of benzene rings is 1. The molecule has 6 heteroatoms. The normalized spacial score (nSPS) is 11.0. The molecule has 0 spiro atoms. The molecule has 0 aliphatic rings. The first-order valence-electron chi connectivity index (χ1n) is 7.15. The number of amides is 1. The Hall–Kier alpha value is -2.50. The molecular weight excluding hydrogens is 282 g/mol.